The molecule has 0 bridgehead atoms. The molecule has 21 heavy (non-hydrogen) atoms. The van der Waals surface area contributed by atoms with Crippen molar-refractivity contribution in [3.8, 4) is 11.8 Å². The maximum Gasteiger partial charge on any atom is 0.305 e. The molecule has 2 aromatic rings. The van der Waals surface area contributed by atoms with Gasteiger partial charge in [0.25, 0.3) is 0 Å². The second kappa shape index (κ2) is 7.25. The third kappa shape index (κ3) is 4.77. The molecule has 0 aliphatic heterocycles. The second-order valence-corrected chi connectivity index (χ2v) is 4.69. The fourth-order valence-electron chi connectivity index (χ4n) is 1.85. The zero-order valence-corrected chi connectivity index (χ0v) is 12.2. The number of carbonyl (C=O) groups is 1. The minimum absolute atomic E-state index is 0.190. The lowest BCUT2D eigenvalue weighted by atomic mass is 10.1. The highest BCUT2D eigenvalue weighted by Gasteiger charge is 2.00. The van der Waals surface area contributed by atoms with Crippen molar-refractivity contribution in [1.29, 1.82) is 0 Å². The molecule has 0 amide bonds. The summed E-state index contributed by atoms with van der Waals surface area (Å²) >= 11 is 0. The third-order valence-electron chi connectivity index (χ3n) is 3.02. The number of aryl methyl sites for hydroxylation is 2. The fraction of sp³-hybridized carbons (Fsp3) is 0.222. The molecule has 0 radical (unpaired) electrons. The molecule has 0 saturated heterocycles. The maximum absolute atomic E-state index is 11.1. The Labute approximate surface area is 125 Å². The number of carbonyl (C=O) groups excluding carboxylic acids is 1. The van der Waals surface area contributed by atoms with Crippen LogP contribution in [0.25, 0.3) is 0 Å². The molecule has 3 nitrogen and oxygen atoms in total. The van der Waals surface area contributed by atoms with Crippen molar-refractivity contribution in [3.05, 3.63) is 65.0 Å². The van der Waals surface area contributed by atoms with E-state index in [9.17, 15) is 4.79 Å². The van der Waals surface area contributed by atoms with E-state index in [4.69, 9.17) is 0 Å². The molecule has 0 N–H and O–H groups in total. The van der Waals surface area contributed by atoms with Crippen LogP contribution in [0, 0.1) is 18.8 Å². The number of hydrogen-bond donors (Lipinski definition) is 0. The van der Waals surface area contributed by atoms with Crippen LogP contribution in [0.4, 0.5) is 0 Å². The van der Waals surface area contributed by atoms with Crippen LogP contribution < -0.4 is 0 Å². The monoisotopic (exact) mass is 279 g/mol. The third-order valence-corrected chi connectivity index (χ3v) is 3.02. The van der Waals surface area contributed by atoms with Crippen LogP contribution in [0.15, 0.2) is 42.5 Å². The lowest BCUT2D eigenvalue weighted by Crippen LogP contribution is -2.01. The number of aromatic nitrogens is 1. The number of benzene rings is 1. The zero-order valence-electron chi connectivity index (χ0n) is 12.2. The summed E-state index contributed by atoms with van der Waals surface area (Å²) in [4.78, 5) is 15.4. The standard InChI is InChI=1S/C18H17NO2/c1-14-4-3-5-17(19-14)12-10-15-6-8-16(9-7-15)11-13-18(20)21-2/h3-9H,11,13H2,1-2H3. The Morgan fingerprint density at radius 1 is 1.14 bits per heavy atom. The molecule has 0 aliphatic rings. The minimum atomic E-state index is -0.190. The van der Waals surface area contributed by atoms with Crippen LogP contribution >= 0.6 is 0 Å². The lowest BCUT2D eigenvalue weighted by molar-refractivity contribution is -0.140. The van der Waals surface area contributed by atoms with Gasteiger partial charge in [0.1, 0.15) is 5.69 Å². The predicted molar refractivity (Wildman–Crippen MR) is 81.7 cm³/mol. The molecule has 0 unspecified atom stereocenters. The number of methoxy groups -OCH3 is 1. The smallest absolute Gasteiger partial charge is 0.305 e. The van der Waals surface area contributed by atoms with Crippen LogP contribution in [0.5, 0.6) is 0 Å². The van der Waals surface area contributed by atoms with Gasteiger partial charge in [-0.3, -0.25) is 4.79 Å². The van der Waals surface area contributed by atoms with Gasteiger partial charge >= 0.3 is 5.97 Å². The van der Waals surface area contributed by atoms with E-state index < -0.39 is 0 Å². The molecule has 1 aromatic carbocycles. The van der Waals surface area contributed by atoms with Crippen molar-refractivity contribution in [2.45, 2.75) is 19.8 Å². The van der Waals surface area contributed by atoms with Crippen LogP contribution in [0.1, 0.15) is 28.9 Å². The van der Waals surface area contributed by atoms with E-state index in [0.717, 1.165) is 22.5 Å². The van der Waals surface area contributed by atoms with Gasteiger partial charge in [0.15, 0.2) is 0 Å². The molecular formula is C18H17NO2. The molecule has 0 fully saturated rings. The summed E-state index contributed by atoms with van der Waals surface area (Å²) in [6, 6.07) is 13.7. The van der Waals surface area contributed by atoms with E-state index in [1.54, 1.807) is 0 Å². The largest absolute Gasteiger partial charge is 0.469 e. The first-order valence-electron chi connectivity index (χ1n) is 6.79. The molecule has 0 saturated carbocycles. The van der Waals surface area contributed by atoms with E-state index in [2.05, 4.69) is 21.6 Å². The molecule has 0 spiro atoms. The number of ether oxygens (including phenoxy) is 1. The number of pyridine rings is 1. The summed E-state index contributed by atoms with van der Waals surface area (Å²) in [6.45, 7) is 1.95. The lowest BCUT2D eigenvalue weighted by Gasteiger charge is -2.00. The molecule has 1 heterocycles. The highest BCUT2D eigenvalue weighted by molar-refractivity contribution is 5.69. The first-order chi connectivity index (χ1) is 10.2. The van der Waals surface area contributed by atoms with Crippen molar-refractivity contribution in [2.75, 3.05) is 7.11 Å². The van der Waals surface area contributed by atoms with Crippen LogP contribution in [-0.4, -0.2) is 18.1 Å². The Morgan fingerprint density at radius 2 is 1.90 bits per heavy atom. The number of esters is 1. The van der Waals surface area contributed by atoms with Crippen molar-refractivity contribution in [3.63, 3.8) is 0 Å². The van der Waals surface area contributed by atoms with Gasteiger partial charge < -0.3 is 4.74 Å². The van der Waals surface area contributed by atoms with Crippen LogP contribution in [0.2, 0.25) is 0 Å². The molecule has 0 aliphatic carbocycles. The predicted octanol–water partition coefficient (Wildman–Crippen LogP) is 2.90. The van der Waals surface area contributed by atoms with E-state index in [1.165, 1.54) is 7.11 Å². The number of rotatable bonds is 3. The Kier molecular flexibility index (Phi) is 5.11. The molecule has 106 valence electrons. The molecule has 3 heteroatoms. The SMILES string of the molecule is COC(=O)CCc1ccc(C#Cc2cccc(C)n2)cc1. The van der Waals surface area contributed by atoms with E-state index in [1.807, 2.05) is 49.4 Å². The van der Waals surface area contributed by atoms with Gasteiger partial charge in [0.2, 0.25) is 0 Å². The summed E-state index contributed by atoms with van der Waals surface area (Å²) < 4.78 is 4.62. The van der Waals surface area contributed by atoms with Gasteiger partial charge in [-0.1, -0.05) is 24.1 Å². The number of hydrogen-bond acceptors (Lipinski definition) is 3. The van der Waals surface area contributed by atoms with E-state index in [-0.39, 0.29) is 5.97 Å². The normalized spacial score (nSPS) is 9.62. The van der Waals surface area contributed by atoms with Crippen LogP contribution in [0.3, 0.4) is 0 Å². The van der Waals surface area contributed by atoms with Crippen LogP contribution in [-0.2, 0) is 16.0 Å². The van der Waals surface area contributed by atoms with Crippen molar-refractivity contribution >= 4 is 5.97 Å². The average molecular weight is 279 g/mol. The zero-order chi connectivity index (χ0) is 15.1. The van der Waals surface area contributed by atoms with Gasteiger partial charge in [0, 0.05) is 17.7 Å². The Bertz CT molecular complexity index is 678. The average Bonchev–Trinajstić information content (AvgIpc) is 2.51. The van der Waals surface area contributed by atoms with Crippen molar-refractivity contribution in [2.24, 2.45) is 0 Å². The number of nitrogens with zero attached hydrogens (tertiary/aromatic N) is 1. The summed E-state index contributed by atoms with van der Waals surface area (Å²) in [7, 11) is 1.40. The topological polar surface area (TPSA) is 39.2 Å². The highest BCUT2D eigenvalue weighted by Crippen LogP contribution is 2.07. The van der Waals surface area contributed by atoms with E-state index in [0.29, 0.717) is 12.8 Å². The molecule has 0 atom stereocenters. The van der Waals surface area contributed by atoms with Crippen molar-refractivity contribution < 1.29 is 9.53 Å². The summed E-state index contributed by atoms with van der Waals surface area (Å²) in [5.41, 5.74) is 3.75. The first-order valence-corrected chi connectivity index (χ1v) is 6.79. The molecule has 2 rings (SSSR count). The maximum atomic E-state index is 11.1. The van der Waals surface area contributed by atoms with Gasteiger partial charge in [0.05, 0.1) is 7.11 Å². The van der Waals surface area contributed by atoms with Gasteiger partial charge in [-0.05, 0) is 49.1 Å². The van der Waals surface area contributed by atoms with E-state index >= 15 is 0 Å². The quantitative estimate of drug-likeness (QED) is 0.640. The second-order valence-electron chi connectivity index (χ2n) is 4.69. The summed E-state index contributed by atoms with van der Waals surface area (Å²) in [5.74, 6) is 5.94. The van der Waals surface area contributed by atoms with Gasteiger partial charge in [-0.15, -0.1) is 0 Å². The Hall–Kier alpha value is -2.60. The van der Waals surface area contributed by atoms with Gasteiger partial charge in [-0.2, -0.15) is 0 Å². The summed E-state index contributed by atoms with van der Waals surface area (Å²) in [6.07, 6.45) is 1.08. The highest BCUT2D eigenvalue weighted by atomic mass is 16.5. The van der Waals surface area contributed by atoms with Gasteiger partial charge in [-0.25, -0.2) is 4.98 Å². The van der Waals surface area contributed by atoms with Crippen molar-refractivity contribution in [1.82, 2.24) is 4.98 Å². The minimum Gasteiger partial charge on any atom is -0.469 e. The molecular weight excluding hydrogens is 262 g/mol. The Morgan fingerprint density at radius 3 is 2.57 bits per heavy atom. The Balaban J connectivity index is 2.01. The first kappa shape index (κ1) is 14.8. The summed E-state index contributed by atoms with van der Waals surface area (Å²) in [5, 5.41) is 0. The fourth-order valence-corrected chi connectivity index (χ4v) is 1.85. The molecule has 1 aromatic heterocycles.